The van der Waals surface area contributed by atoms with E-state index in [9.17, 15) is 8.42 Å². The molecule has 90 valence electrons. The van der Waals surface area contributed by atoms with Crippen LogP contribution in [0.25, 0.3) is 0 Å². The van der Waals surface area contributed by atoms with Crippen molar-refractivity contribution in [3.05, 3.63) is 24.3 Å². The van der Waals surface area contributed by atoms with Crippen LogP contribution in [0.1, 0.15) is 0 Å². The Kier molecular flexibility index (Phi) is 4.53. The molecule has 0 radical (unpaired) electrons. The minimum absolute atomic E-state index is 0.185. The minimum Gasteiger partial charge on any atom is -0.495 e. The lowest BCUT2D eigenvalue weighted by Gasteiger charge is -2.11. The summed E-state index contributed by atoms with van der Waals surface area (Å²) in [4.78, 5) is 0. The van der Waals surface area contributed by atoms with Gasteiger partial charge in [0.05, 0.1) is 12.8 Å². The molecule has 0 fully saturated rings. The van der Waals surface area contributed by atoms with Crippen LogP contribution in [0.15, 0.2) is 24.3 Å². The summed E-state index contributed by atoms with van der Waals surface area (Å²) in [6.45, 7) is 0.428. The molecule has 6 nitrogen and oxygen atoms in total. The minimum atomic E-state index is -3.59. The van der Waals surface area contributed by atoms with Crippen LogP contribution in [0.3, 0.4) is 0 Å². The predicted molar refractivity (Wildman–Crippen MR) is 62.6 cm³/mol. The second-order valence-corrected chi connectivity index (χ2v) is 4.49. The molecule has 1 aromatic carbocycles. The number of nitrogens with two attached hydrogens (primary N) is 1. The number of methoxy groups -OCH3 is 1. The molecule has 0 atom stereocenters. The van der Waals surface area contributed by atoms with E-state index in [0.717, 1.165) is 0 Å². The normalized spacial score (nSPS) is 11.1. The molecule has 0 spiro atoms. The van der Waals surface area contributed by atoms with Gasteiger partial charge in [-0.15, -0.1) is 0 Å². The Hall–Kier alpha value is -1.31. The zero-order valence-electron chi connectivity index (χ0n) is 8.93. The van der Waals surface area contributed by atoms with Crippen molar-refractivity contribution in [2.45, 2.75) is 0 Å². The van der Waals surface area contributed by atoms with Gasteiger partial charge in [0.15, 0.2) is 0 Å². The Morgan fingerprint density at radius 1 is 1.38 bits per heavy atom. The van der Waals surface area contributed by atoms with Crippen LogP contribution in [-0.4, -0.2) is 28.6 Å². The predicted octanol–water partition coefficient (Wildman–Crippen LogP) is -0.0998. The number of nitrogens with one attached hydrogen (secondary N) is 2. The fourth-order valence-electron chi connectivity index (χ4n) is 1.10. The Balaban J connectivity index is 2.79. The summed E-state index contributed by atoms with van der Waals surface area (Å²) in [5.41, 5.74) is 5.59. The van der Waals surface area contributed by atoms with Crippen molar-refractivity contribution in [3.8, 4) is 5.75 Å². The van der Waals surface area contributed by atoms with Crippen molar-refractivity contribution in [2.75, 3.05) is 24.9 Å². The van der Waals surface area contributed by atoms with Gasteiger partial charge in [0.1, 0.15) is 5.75 Å². The maximum atomic E-state index is 11.5. The Morgan fingerprint density at radius 2 is 2.06 bits per heavy atom. The van der Waals surface area contributed by atoms with Crippen molar-refractivity contribution in [3.63, 3.8) is 0 Å². The monoisotopic (exact) mass is 245 g/mol. The van der Waals surface area contributed by atoms with Crippen LogP contribution in [0, 0.1) is 0 Å². The first-order valence-corrected chi connectivity index (χ1v) is 6.18. The highest BCUT2D eigenvalue weighted by Crippen LogP contribution is 2.23. The van der Waals surface area contributed by atoms with Crippen molar-refractivity contribution >= 4 is 15.9 Å². The zero-order valence-corrected chi connectivity index (χ0v) is 9.75. The number of rotatable bonds is 6. The first-order valence-electron chi connectivity index (χ1n) is 4.69. The molecular weight excluding hydrogens is 230 g/mol. The average molecular weight is 245 g/mol. The van der Waals surface area contributed by atoms with Gasteiger partial charge in [0, 0.05) is 13.1 Å². The van der Waals surface area contributed by atoms with Gasteiger partial charge in [0.2, 0.25) is 0 Å². The Morgan fingerprint density at radius 3 is 2.69 bits per heavy atom. The summed E-state index contributed by atoms with van der Waals surface area (Å²) in [6, 6.07) is 6.74. The molecule has 0 aliphatic heterocycles. The van der Waals surface area contributed by atoms with E-state index < -0.39 is 10.2 Å². The van der Waals surface area contributed by atoms with Crippen molar-refractivity contribution < 1.29 is 13.2 Å². The largest absolute Gasteiger partial charge is 0.495 e. The molecule has 0 saturated carbocycles. The van der Waals surface area contributed by atoms with Crippen LogP contribution in [0.4, 0.5) is 5.69 Å². The zero-order chi connectivity index (χ0) is 12.0. The molecule has 7 heteroatoms. The van der Waals surface area contributed by atoms with Crippen molar-refractivity contribution in [2.24, 2.45) is 5.73 Å². The highest BCUT2D eigenvalue weighted by Gasteiger charge is 2.11. The molecule has 0 saturated heterocycles. The van der Waals surface area contributed by atoms with E-state index in [1.54, 1.807) is 24.3 Å². The molecule has 16 heavy (non-hydrogen) atoms. The van der Waals surface area contributed by atoms with Gasteiger partial charge in [-0.25, -0.2) is 0 Å². The summed E-state index contributed by atoms with van der Waals surface area (Å²) in [7, 11) is -2.12. The topological polar surface area (TPSA) is 93.4 Å². The van der Waals surface area contributed by atoms with Crippen LogP contribution in [-0.2, 0) is 10.2 Å². The molecule has 0 aromatic heterocycles. The van der Waals surface area contributed by atoms with Gasteiger partial charge in [-0.2, -0.15) is 13.1 Å². The summed E-state index contributed by atoms with van der Waals surface area (Å²) in [5, 5.41) is 0. The highest BCUT2D eigenvalue weighted by molar-refractivity contribution is 7.90. The number of para-hydroxylation sites is 2. The maximum Gasteiger partial charge on any atom is 0.299 e. The number of anilines is 1. The fraction of sp³-hybridized carbons (Fsp3) is 0.333. The third kappa shape index (κ3) is 3.69. The summed E-state index contributed by atoms with van der Waals surface area (Å²) in [5.74, 6) is 0.459. The molecule has 1 rings (SSSR count). The smallest absolute Gasteiger partial charge is 0.299 e. The molecule has 0 unspecified atom stereocenters. The third-order valence-corrected chi connectivity index (χ3v) is 2.86. The van der Waals surface area contributed by atoms with E-state index in [2.05, 4.69) is 9.44 Å². The molecule has 0 heterocycles. The van der Waals surface area contributed by atoms with Crippen LogP contribution >= 0.6 is 0 Å². The van der Waals surface area contributed by atoms with Gasteiger partial charge >= 0.3 is 0 Å². The molecule has 0 amide bonds. The second-order valence-electron chi connectivity index (χ2n) is 2.99. The number of benzene rings is 1. The van der Waals surface area contributed by atoms with Gasteiger partial charge in [0.25, 0.3) is 10.2 Å². The quantitative estimate of drug-likeness (QED) is 0.652. The fourth-order valence-corrected chi connectivity index (χ4v) is 2.02. The Labute approximate surface area is 95.0 Å². The van der Waals surface area contributed by atoms with Gasteiger partial charge < -0.3 is 10.5 Å². The molecule has 4 N–H and O–H groups in total. The molecular formula is C9H15N3O3S. The van der Waals surface area contributed by atoms with Gasteiger partial charge in [-0.3, -0.25) is 4.72 Å². The summed E-state index contributed by atoms with van der Waals surface area (Å²) >= 11 is 0. The van der Waals surface area contributed by atoms with Gasteiger partial charge in [-0.05, 0) is 12.1 Å². The van der Waals surface area contributed by atoms with E-state index in [1.165, 1.54) is 7.11 Å². The van der Waals surface area contributed by atoms with E-state index in [-0.39, 0.29) is 13.1 Å². The van der Waals surface area contributed by atoms with E-state index in [4.69, 9.17) is 10.5 Å². The molecule has 0 bridgehead atoms. The lowest BCUT2D eigenvalue weighted by atomic mass is 10.3. The summed E-state index contributed by atoms with van der Waals surface area (Å²) in [6.07, 6.45) is 0. The summed E-state index contributed by atoms with van der Waals surface area (Å²) < 4.78 is 32.6. The average Bonchev–Trinajstić information content (AvgIpc) is 2.27. The lowest BCUT2D eigenvalue weighted by molar-refractivity contribution is 0.417. The second kappa shape index (κ2) is 5.69. The van der Waals surface area contributed by atoms with Crippen molar-refractivity contribution in [1.82, 2.24) is 4.72 Å². The van der Waals surface area contributed by atoms with Crippen LogP contribution in [0.2, 0.25) is 0 Å². The highest BCUT2D eigenvalue weighted by atomic mass is 32.2. The number of hydrogen-bond acceptors (Lipinski definition) is 4. The van der Waals surface area contributed by atoms with E-state index in [1.807, 2.05) is 0 Å². The first kappa shape index (κ1) is 12.8. The first-order chi connectivity index (χ1) is 7.59. The molecule has 0 aliphatic carbocycles. The van der Waals surface area contributed by atoms with E-state index >= 15 is 0 Å². The maximum absolute atomic E-state index is 11.5. The van der Waals surface area contributed by atoms with Crippen LogP contribution in [0.5, 0.6) is 5.75 Å². The lowest BCUT2D eigenvalue weighted by Crippen LogP contribution is -2.34. The van der Waals surface area contributed by atoms with Crippen molar-refractivity contribution in [1.29, 1.82) is 0 Å². The number of ether oxygens (including phenoxy) is 1. The molecule has 1 aromatic rings. The van der Waals surface area contributed by atoms with Gasteiger partial charge in [-0.1, -0.05) is 12.1 Å². The van der Waals surface area contributed by atoms with Crippen LogP contribution < -0.4 is 19.9 Å². The number of hydrogen-bond donors (Lipinski definition) is 3. The standard InChI is InChI=1S/C9H15N3O3S/c1-15-9-5-3-2-4-8(9)12-16(13,14)11-7-6-10/h2-5,11-12H,6-7,10H2,1H3. The third-order valence-electron chi connectivity index (χ3n) is 1.79. The molecule has 0 aliphatic rings. The Bertz CT molecular complexity index is 433. The van der Waals surface area contributed by atoms with E-state index in [0.29, 0.717) is 11.4 Å². The SMILES string of the molecule is COc1ccccc1NS(=O)(=O)NCCN.